The maximum Gasteiger partial charge on any atom is 0.407 e. The van der Waals surface area contributed by atoms with Crippen molar-refractivity contribution in [2.45, 2.75) is 84.2 Å². The predicted octanol–water partition coefficient (Wildman–Crippen LogP) is 4.24. The van der Waals surface area contributed by atoms with Crippen molar-refractivity contribution in [1.82, 2.24) is 10.6 Å². The normalized spacial score (nSPS) is 11.4. The molecule has 0 atom stereocenters. The molecular weight excluding hydrogens is 264 g/mol. The Bertz CT molecular complexity index is 250. The molecule has 0 aliphatic rings. The predicted molar refractivity (Wildman–Crippen MR) is 89.7 cm³/mol. The highest BCUT2D eigenvalue weighted by Gasteiger charge is 2.15. The van der Waals surface area contributed by atoms with E-state index in [1.807, 2.05) is 27.8 Å². The second-order valence-electron chi connectivity index (χ2n) is 6.71. The van der Waals surface area contributed by atoms with Gasteiger partial charge in [-0.1, -0.05) is 44.9 Å². The number of ether oxygens (including phenoxy) is 1. The molecule has 126 valence electrons. The Balaban J connectivity index is 3.17. The fourth-order valence-corrected chi connectivity index (χ4v) is 2.17. The van der Waals surface area contributed by atoms with E-state index in [4.69, 9.17) is 4.74 Å². The van der Waals surface area contributed by atoms with E-state index in [1.165, 1.54) is 51.4 Å². The molecule has 0 unspecified atom stereocenters. The van der Waals surface area contributed by atoms with Crippen LogP contribution in [0.15, 0.2) is 0 Å². The molecule has 0 heterocycles. The van der Waals surface area contributed by atoms with Gasteiger partial charge in [-0.15, -0.1) is 0 Å². The van der Waals surface area contributed by atoms with Gasteiger partial charge in [0, 0.05) is 6.54 Å². The summed E-state index contributed by atoms with van der Waals surface area (Å²) in [6, 6.07) is 0. The van der Waals surface area contributed by atoms with E-state index in [0.29, 0.717) is 0 Å². The fraction of sp³-hybridized carbons (Fsp3) is 0.941. The molecule has 4 nitrogen and oxygen atoms in total. The van der Waals surface area contributed by atoms with Crippen LogP contribution in [-0.2, 0) is 4.74 Å². The summed E-state index contributed by atoms with van der Waals surface area (Å²) >= 11 is 0. The van der Waals surface area contributed by atoms with Gasteiger partial charge in [0.05, 0.1) is 0 Å². The molecule has 4 heteroatoms. The van der Waals surface area contributed by atoms with Crippen molar-refractivity contribution in [3.05, 3.63) is 0 Å². The Morgan fingerprint density at radius 2 is 1.24 bits per heavy atom. The monoisotopic (exact) mass is 300 g/mol. The number of hydrogen-bond donors (Lipinski definition) is 2. The Labute approximate surface area is 131 Å². The molecule has 1 amide bonds. The van der Waals surface area contributed by atoms with Crippen molar-refractivity contribution in [1.29, 1.82) is 0 Å². The molecule has 0 bridgehead atoms. The number of carbonyl (C=O) groups is 1. The highest BCUT2D eigenvalue weighted by molar-refractivity contribution is 5.67. The van der Waals surface area contributed by atoms with E-state index in [9.17, 15) is 4.79 Å². The second kappa shape index (κ2) is 12.9. The molecule has 0 saturated heterocycles. The lowest BCUT2D eigenvalue weighted by molar-refractivity contribution is 0.0527. The van der Waals surface area contributed by atoms with Crippen molar-refractivity contribution < 1.29 is 9.53 Å². The summed E-state index contributed by atoms with van der Waals surface area (Å²) in [5, 5.41) is 5.98. The highest BCUT2D eigenvalue weighted by Crippen LogP contribution is 2.09. The van der Waals surface area contributed by atoms with Gasteiger partial charge >= 0.3 is 6.09 Å². The molecule has 21 heavy (non-hydrogen) atoms. The lowest BCUT2D eigenvalue weighted by Crippen LogP contribution is -2.32. The minimum Gasteiger partial charge on any atom is -0.444 e. The smallest absolute Gasteiger partial charge is 0.407 e. The summed E-state index contributed by atoms with van der Waals surface area (Å²) in [4.78, 5) is 11.4. The zero-order valence-electron chi connectivity index (χ0n) is 14.6. The standard InChI is InChI=1S/C17H36N2O2/c1-17(2,3)21-16(20)19-15-13-11-9-7-5-6-8-10-12-14-18-4/h18H,5-15H2,1-4H3,(H,19,20). The molecule has 0 radical (unpaired) electrons. The van der Waals surface area contributed by atoms with Gasteiger partial charge in [0.2, 0.25) is 0 Å². The Morgan fingerprint density at radius 1 is 0.810 bits per heavy atom. The molecule has 0 aromatic carbocycles. The maximum atomic E-state index is 11.4. The van der Waals surface area contributed by atoms with Crippen molar-refractivity contribution in [2.24, 2.45) is 0 Å². The van der Waals surface area contributed by atoms with Crippen LogP contribution < -0.4 is 10.6 Å². The van der Waals surface area contributed by atoms with Crippen LogP contribution >= 0.6 is 0 Å². The summed E-state index contributed by atoms with van der Waals surface area (Å²) in [5.41, 5.74) is -0.405. The minimum atomic E-state index is -0.405. The van der Waals surface area contributed by atoms with Crippen LogP contribution in [0.4, 0.5) is 4.79 Å². The van der Waals surface area contributed by atoms with Crippen LogP contribution in [0.25, 0.3) is 0 Å². The van der Waals surface area contributed by atoms with Gasteiger partial charge < -0.3 is 15.4 Å². The highest BCUT2D eigenvalue weighted by atomic mass is 16.6. The first-order valence-corrected chi connectivity index (χ1v) is 8.57. The molecule has 0 aliphatic heterocycles. The fourth-order valence-electron chi connectivity index (χ4n) is 2.17. The summed E-state index contributed by atoms with van der Waals surface area (Å²) < 4.78 is 5.18. The van der Waals surface area contributed by atoms with E-state index in [2.05, 4.69) is 10.6 Å². The molecule has 0 fully saturated rings. The second-order valence-corrected chi connectivity index (χ2v) is 6.71. The van der Waals surface area contributed by atoms with Crippen molar-refractivity contribution in [2.75, 3.05) is 20.1 Å². The molecular formula is C17H36N2O2. The van der Waals surface area contributed by atoms with Gasteiger partial charge in [-0.25, -0.2) is 4.79 Å². The lowest BCUT2D eigenvalue weighted by Gasteiger charge is -2.19. The van der Waals surface area contributed by atoms with Crippen LogP contribution in [0, 0.1) is 0 Å². The van der Waals surface area contributed by atoms with Gasteiger partial charge in [0.25, 0.3) is 0 Å². The Morgan fingerprint density at radius 3 is 1.67 bits per heavy atom. The van der Waals surface area contributed by atoms with Gasteiger partial charge in [-0.05, 0) is 47.2 Å². The number of alkyl carbamates (subject to hydrolysis) is 1. The molecule has 0 spiro atoms. The average Bonchev–Trinajstić information content (AvgIpc) is 2.38. The Hall–Kier alpha value is -0.770. The lowest BCUT2D eigenvalue weighted by atomic mass is 10.1. The number of unbranched alkanes of at least 4 members (excludes halogenated alkanes) is 8. The molecule has 0 rings (SSSR count). The third kappa shape index (κ3) is 17.2. The first-order valence-electron chi connectivity index (χ1n) is 8.57. The molecule has 0 aromatic heterocycles. The van der Waals surface area contributed by atoms with Gasteiger partial charge in [-0.2, -0.15) is 0 Å². The zero-order chi connectivity index (χ0) is 16.0. The molecule has 2 N–H and O–H groups in total. The van der Waals surface area contributed by atoms with Gasteiger partial charge in [0.15, 0.2) is 0 Å². The minimum absolute atomic E-state index is 0.302. The van der Waals surface area contributed by atoms with Crippen molar-refractivity contribution in [3.8, 4) is 0 Å². The number of carbonyl (C=O) groups excluding carboxylic acids is 1. The van der Waals surface area contributed by atoms with E-state index >= 15 is 0 Å². The van der Waals surface area contributed by atoms with Crippen molar-refractivity contribution in [3.63, 3.8) is 0 Å². The summed E-state index contributed by atoms with van der Waals surface area (Å²) in [6.07, 6.45) is 11.2. The van der Waals surface area contributed by atoms with E-state index in [-0.39, 0.29) is 6.09 Å². The Kier molecular flexibility index (Phi) is 12.5. The first-order chi connectivity index (χ1) is 9.95. The number of rotatable bonds is 12. The van der Waals surface area contributed by atoms with Crippen LogP contribution in [0.3, 0.4) is 0 Å². The van der Waals surface area contributed by atoms with Crippen LogP contribution in [0.5, 0.6) is 0 Å². The summed E-state index contributed by atoms with van der Waals surface area (Å²) in [6.45, 7) is 7.51. The maximum absolute atomic E-state index is 11.4. The SMILES string of the molecule is CNCCCCCCCCCCCNC(=O)OC(C)(C)C. The van der Waals surface area contributed by atoms with E-state index in [0.717, 1.165) is 19.5 Å². The largest absolute Gasteiger partial charge is 0.444 e. The first kappa shape index (κ1) is 20.2. The zero-order valence-corrected chi connectivity index (χ0v) is 14.6. The molecule has 0 saturated carbocycles. The molecule has 0 aromatic rings. The quantitative estimate of drug-likeness (QED) is 0.530. The number of hydrogen-bond acceptors (Lipinski definition) is 3. The summed E-state index contributed by atoms with van der Waals surface area (Å²) in [5.74, 6) is 0. The number of nitrogens with one attached hydrogen (secondary N) is 2. The van der Waals surface area contributed by atoms with E-state index < -0.39 is 5.60 Å². The van der Waals surface area contributed by atoms with Gasteiger partial charge in [0.1, 0.15) is 5.60 Å². The third-order valence-corrected chi connectivity index (χ3v) is 3.27. The van der Waals surface area contributed by atoms with Crippen molar-refractivity contribution >= 4 is 6.09 Å². The molecule has 0 aliphatic carbocycles. The third-order valence-electron chi connectivity index (χ3n) is 3.27. The summed E-state index contributed by atoms with van der Waals surface area (Å²) in [7, 11) is 2.01. The van der Waals surface area contributed by atoms with Crippen LogP contribution in [-0.4, -0.2) is 31.8 Å². The van der Waals surface area contributed by atoms with Gasteiger partial charge in [-0.3, -0.25) is 0 Å². The number of amides is 1. The average molecular weight is 300 g/mol. The van der Waals surface area contributed by atoms with Crippen LogP contribution in [0.1, 0.15) is 78.6 Å². The van der Waals surface area contributed by atoms with Crippen LogP contribution in [0.2, 0.25) is 0 Å². The van der Waals surface area contributed by atoms with E-state index in [1.54, 1.807) is 0 Å². The topological polar surface area (TPSA) is 50.4 Å².